The van der Waals surface area contributed by atoms with Gasteiger partial charge >= 0.3 is 0 Å². The lowest BCUT2D eigenvalue weighted by molar-refractivity contribution is 0.258. The quantitative estimate of drug-likeness (QED) is 0.904. The van der Waals surface area contributed by atoms with Crippen LogP contribution >= 0.6 is 0 Å². The monoisotopic (exact) mass is 254 g/mol. The Hall–Kier alpha value is -1.95. The molecular formula is C12H12F2N2O2. The van der Waals surface area contributed by atoms with Gasteiger partial charge in [-0.15, -0.1) is 0 Å². The van der Waals surface area contributed by atoms with Gasteiger partial charge in [0.1, 0.15) is 12.4 Å². The van der Waals surface area contributed by atoms with Crippen LogP contribution < -0.4 is 4.74 Å². The van der Waals surface area contributed by atoms with E-state index < -0.39 is 24.0 Å². The number of ether oxygens (including phenoxy) is 1. The number of benzene rings is 1. The van der Waals surface area contributed by atoms with Gasteiger partial charge in [0.05, 0.1) is 6.61 Å². The van der Waals surface area contributed by atoms with Gasteiger partial charge in [0.15, 0.2) is 17.4 Å². The van der Waals surface area contributed by atoms with Crippen molar-refractivity contribution in [3.8, 4) is 5.75 Å². The van der Waals surface area contributed by atoms with Crippen molar-refractivity contribution >= 4 is 0 Å². The predicted octanol–water partition coefficient (Wildman–Crippen LogP) is 1.77. The van der Waals surface area contributed by atoms with E-state index in [0.29, 0.717) is 5.82 Å². The molecule has 0 aliphatic carbocycles. The second-order valence-electron chi connectivity index (χ2n) is 3.79. The number of nitrogens with zero attached hydrogens (tertiary/aromatic N) is 2. The van der Waals surface area contributed by atoms with Crippen LogP contribution in [0.1, 0.15) is 11.4 Å². The first-order valence-corrected chi connectivity index (χ1v) is 5.29. The molecule has 1 N–H and O–H groups in total. The highest BCUT2D eigenvalue weighted by molar-refractivity contribution is 5.31. The van der Waals surface area contributed by atoms with Crippen LogP contribution in [0.15, 0.2) is 24.5 Å². The summed E-state index contributed by atoms with van der Waals surface area (Å²) in [7, 11) is 1.76. The second kappa shape index (κ2) is 5.14. The molecule has 1 aromatic carbocycles. The first-order valence-electron chi connectivity index (χ1n) is 5.29. The van der Waals surface area contributed by atoms with Crippen LogP contribution in [0.25, 0.3) is 0 Å². The second-order valence-corrected chi connectivity index (χ2v) is 3.79. The van der Waals surface area contributed by atoms with E-state index in [0.717, 1.165) is 12.1 Å². The van der Waals surface area contributed by atoms with E-state index in [-0.39, 0.29) is 12.2 Å². The summed E-state index contributed by atoms with van der Waals surface area (Å²) in [6.07, 6.45) is 3.28. The number of rotatable bonds is 4. The SMILES string of the molecule is Cn1ccnc1COc1c(F)cc(CO)cc1F. The van der Waals surface area contributed by atoms with Gasteiger partial charge in [-0.25, -0.2) is 13.8 Å². The Bertz CT molecular complexity index is 532. The lowest BCUT2D eigenvalue weighted by atomic mass is 10.2. The zero-order valence-corrected chi connectivity index (χ0v) is 9.73. The van der Waals surface area contributed by atoms with Crippen LogP contribution in [0.5, 0.6) is 5.75 Å². The maximum absolute atomic E-state index is 13.5. The highest BCUT2D eigenvalue weighted by Crippen LogP contribution is 2.24. The third-order valence-corrected chi connectivity index (χ3v) is 2.51. The van der Waals surface area contributed by atoms with Crippen LogP contribution in [0.2, 0.25) is 0 Å². The molecule has 96 valence electrons. The fourth-order valence-corrected chi connectivity index (χ4v) is 1.51. The Morgan fingerprint density at radius 3 is 2.50 bits per heavy atom. The van der Waals surface area contributed by atoms with E-state index >= 15 is 0 Å². The zero-order chi connectivity index (χ0) is 13.1. The number of aliphatic hydroxyl groups is 1. The smallest absolute Gasteiger partial charge is 0.191 e. The molecule has 2 aromatic rings. The first kappa shape index (κ1) is 12.5. The molecule has 0 amide bonds. The van der Waals surface area contributed by atoms with Crippen LogP contribution in [-0.2, 0) is 20.3 Å². The fourth-order valence-electron chi connectivity index (χ4n) is 1.51. The molecule has 1 aromatic heterocycles. The van der Waals surface area contributed by atoms with Crippen LogP contribution in [0.3, 0.4) is 0 Å². The van der Waals surface area contributed by atoms with Gasteiger partial charge in [0.25, 0.3) is 0 Å². The molecular weight excluding hydrogens is 242 g/mol. The average molecular weight is 254 g/mol. The number of aliphatic hydroxyl groups excluding tert-OH is 1. The summed E-state index contributed by atoms with van der Waals surface area (Å²) in [6.45, 7) is -0.455. The Morgan fingerprint density at radius 2 is 2.00 bits per heavy atom. The maximum atomic E-state index is 13.5. The summed E-state index contributed by atoms with van der Waals surface area (Å²) in [5.74, 6) is -1.59. The van der Waals surface area contributed by atoms with Gasteiger partial charge in [0.2, 0.25) is 0 Å². The Balaban J connectivity index is 2.17. The van der Waals surface area contributed by atoms with E-state index in [1.165, 1.54) is 0 Å². The third-order valence-electron chi connectivity index (χ3n) is 2.51. The topological polar surface area (TPSA) is 47.3 Å². The van der Waals surface area contributed by atoms with E-state index in [1.807, 2.05) is 0 Å². The number of hydrogen-bond donors (Lipinski definition) is 1. The number of aromatic nitrogens is 2. The number of aryl methyl sites for hydroxylation is 1. The summed E-state index contributed by atoms with van der Waals surface area (Å²) < 4.78 is 33.8. The Labute approximate surface area is 102 Å². The van der Waals surface area contributed by atoms with Crippen molar-refractivity contribution in [1.29, 1.82) is 0 Å². The molecule has 0 aliphatic heterocycles. The molecule has 0 atom stereocenters. The summed E-state index contributed by atoms with van der Waals surface area (Å²) in [5.41, 5.74) is 0.161. The molecule has 2 rings (SSSR count). The van der Waals surface area contributed by atoms with Gasteiger partial charge in [-0.1, -0.05) is 0 Å². The van der Waals surface area contributed by atoms with Crippen molar-refractivity contribution in [2.75, 3.05) is 0 Å². The number of imidazole rings is 1. The van der Waals surface area contributed by atoms with Crippen molar-refractivity contribution in [3.63, 3.8) is 0 Å². The molecule has 18 heavy (non-hydrogen) atoms. The lowest BCUT2D eigenvalue weighted by Crippen LogP contribution is -2.05. The van der Waals surface area contributed by atoms with Crippen molar-refractivity contribution in [2.45, 2.75) is 13.2 Å². The summed E-state index contributed by atoms with van der Waals surface area (Å²) in [5, 5.41) is 8.81. The maximum Gasteiger partial charge on any atom is 0.191 e. The van der Waals surface area contributed by atoms with Crippen LogP contribution in [0.4, 0.5) is 8.78 Å². The van der Waals surface area contributed by atoms with Crippen molar-refractivity contribution < 1.29 is 18.6 Å². The standard InChI is InChI=1S/C12H12F2N2O2/c1-16-3-2-15-11(16)7-18-12-9(13)4-8(6-17)5-10(12)14/h2-5,17H,6-7H2,1H3. The van der Waals surface area contributed by atoms with Crippen LogP contribution in [-0.4, -0.2) is 14.7 Å². The molecule has 1 heterocycles. The molecule has 0 fully saturated rings. The third kappa shape index (κ3) is 2.48. The van der Waals surface area contributed by atoms with Gasteiger partial charge in [0, 0.05) is 19.4 Å². The summed E-state index contributed by atoms with van der Waals surface area (Å²) >= 11 is 0. The zero-order valence-electron chi connectivity index (χ0n) is 9.73. The molecule has 6 heteroatoms. The molecule has 4 nitrogen and oxygen atoms in total. The minimum Gasteiger partial charge on any atom is -0.480 e. The average Bonchev–Trinajstić information content (AvgIpc) is 2.73. The number of hydrogen-bond acceptors (Lipinski definition) is 3. The van der Waals surface area contributed by atoms with E-state index in [9.17, 15) is 8.78 Å². The van der Waals surface area contributed by atoms with Gasteiger partial charge in [-0.2, -0.15) is 0 Å². The fraction of sp³-hybridized carbons (Fsp3) is 0.250. The number of halogens is 2. The molecule has 0 spiro atoms. The van der Waals surface area contributed by atoms with Crippen molar-refractivity contribution in [3.05, 3.63) is 47.5 Å². The summed E-state index contributed by atoms with van der Waals surface area (Å²) in [4.78, 5) is 3.98. The lowest BCUT2D eigenvalue weighted by Gasteiger charge is -2.09. The Morgan fingerprint density at radius 1 is 1.33 bits per heavy atom. The van der Waals surface area contributed by atoms with Crippen molar-refractivity contribution in [1.82, 2.24) is 9.55 Å². The molecule has 0 bridgehead atoms. The minimum atomic E-state index is -0.840. The molecule has 0 saturated carbocycles. The highest BCUT2D eigenvalue weighted by Gasteiger charge is 2.13. The van der Waals surface area contributed by atoms with Gasteiger partial charge in [-0.3, -0.25) is 0 Å². The first-order chi connectivity index (χ1) is 8.61. The minimum absolute atomic E-state index is 0.0319. The normalized spacial score (nSPS) is 10.7. The van der Waals surface area contributed by atoms with E-state index in [1.54, 1.807) is 24.0 Å². The van der Waals surface area contributed by atoms with E-state index in [4.69, 9.17) is 9.84 Å². The Kier molecular flexibility index (Phi) is 3.57. The molecule has 0 aliphatic rings. The molecule has 0 unspecified atom stereocenters. The van der Waals surface area contributed by atoms with Crippen LogP contribution in [0, 0.1) is 11.6 Å². The van der Waals surface area contributed by atoms with Gasteiger partial charge in [-0.05, 0) is 17.7 Å². The molecule has 0 radical (unpaired) electrons. The summed E-state index contributed by atoms with van der Waals surface area (Å²) in [6, 6.07) is 2.08. The van der Waals surface area contributed by atoms with E-state index in [2.05, 4.69) is 4.98 Å². The van der Waals surface area contributed by atoms with Crippen molar-refractivity contribution in [2.24, 2.45) is 7.05 Å². The largest absolute Gasteiger partial charge is 0.480 e. The van der Waals surface area contributed by atoms with Gasteiger partial charge < -0.3 is 14.4 Å². The predicted molar refractivity (Wildman–Crippen MR) is 59.8 cm³/mol. The molecule has 0 saturated heterocycles. The highest BCUT2D eigenvalue weighted by atomic mass is 19.1.